The lowest BCUT2D eigenvalue weighted by atomic mass is 10.2. The van der Waals surface area contributed by atoms with Gasteiger partial charge in [0.05, 0.1) is 7.11 Å². The van der Waals surface area contributed by atoms with Gasteiger partial charge in [-0.25, -0.2) is 0 Å². The van der Waals surface area contributed by atoms with Gasteiger partial charge in [-0.3, -0.25) is 0 Å². The predicted octanol–water partition coefficient (Wildman–Crippen LogP) is 3.69. The summed E-state index contributed by atoms with van der Waals surface area (Å²) in [7, 11) is 1.59. The summed E-state index contributed by atoms with van der Waals surface area (Å²) in [5.41, 5.74) is 1.05. The first-order valence-electron chi connectivity index (χ1n) is 4.80. The molecule has 0 aliphatic rings. The molecule has 1 aromatic rings. The van der Waals surface area contributed by atoms with Crippen LogP contribution in [0.5, 0.6) is 11.5 Å². The van der Waals surface area contributed by atoms with Gasteiger partial charge in [-0.2, -0.15) is 0 Å². The second-order valence-electron chi connectivity index (χ2n) is 3.19. The highest BCUT2D eigenvalue weighted by atomic mass is 35.5. The van der Waals surface area contributed by atoms with E-state index in [1.807, 2.05) is 6.92 Å². The fourth-order valence-electron chi connectivity index (χ4n) is 1.04. The van der Waals surface area contributed by atoms with E-state index in [-0.39, 0.29) is 0 Å². The lowest BCUT2D eigenvalue weighted by molar-refractivity contribution is 0.317. The molecule has 0 unspecified atom stereocenters. The Hall–Kier alpha value is -1.15. The molecule has 0 atom stereocenters. The maximum Gasteiger partial charge on any atom is 0.162 e. The minimum atomic E-state index is 0.508. The minimum Gasteiger partial charge on any atom is -0.493 e. The second kappa shape index (κ2) is 5.66. The molecule has 0 aliphatic heterocycles. The Labute approximate surface area is 95.5 Å². The van der Waals surface area contributed by atoms with Gasteiger partial charge in [0.2, 0.25) is 0 Å². The highest BCUT2D eigenvalue weighted by Crippen LogP contribution is 2.30. The molecule has 0 aromatic heterocycles. The molecule has 0 aliphatic carbocycles. The van der Waals surface area contributed by atoms with Crippen molar-refractivity contribution in [3.8, 4) is 11.5 Å². The van der Waals surface area contributed by atoms with Crippen LogP contribution in [-0.4, -0.2) is 13.7 Å². The molecule has 82 valence electrons. The molecule has 0 saturated carbocycles. The minimum absolute atomic E-state index is 0.508. The molecule has 0 bridgehead atoms. The third kappa shape index (κ3) is 3.48. The van der Waals surface area contributed by atoms with E-state index >= 15 is 0 Å². The molecule has 15 heavy (non-hydrogen) atoms. The van der Waals surface area contributed by atoms with Gasteiger partial charge in [0, 0.05) is 11.1 Å². The van der Waals surface area contributed by atoms with Crippen molar-refractivity contribution in [3.63, 3.8) is 0 Å². The van der Waals surface area contributed by atoms with Crippen molar-refractivity contribution in [1.82, 2.24) is 0 Å². The van der Waals surface area contributed by atoms with E-state index in [0.29, 0.717) is 23.1 Å². The van der Waals surface area contributed by atoms with Crippen molar-refractivity contribution in [3.05, 3.63) is 35.4 Å². The monoisotopic (exact) mass is 226 g/mol. The summed E-state index contributed by atoms with van der Waals surface area (Å²) in [5.74, 6) is 1.34. The van der Waals surface area contributed by atoms with E-state index in [2.05, 4.69) is 6.58 Å². The summed E-state index contributed by atoms with van der Waals surface area (Å²) in [5, 5.41) is 0.633. The largest absolute Gasteiger partial charge is 0.493 e. The number of ether oxygens (including phenoxy) is 2. The van der Waals surface area contributed by atoms with E-state index in [4.69, 9.17) is 21.1 Å². The fourth-order valence-corrected chi connectivity index (χ4v) is 1.20. The molecule has 0 amide bonds. The van der Waals surface area contributed by atoms with Crippen LogP contribution >= 0.6 is 11.6 Å². The first kappa shape index (κ1) is 11.9. The van der Waals surface area contributed by atoms with E-state index < -0.39 is 0 Å². The molecule has 0 saturated heterocycles. The lowest BCUT2D eigenvalue weighted by Crippen LogP contribution is -2.00. The van der Waals surface area contributed by atoms with Crippen molar-refractivity contribution in [2.45, 2.75) is 13.3 Å². The molecule has 0 spiro atoms. The molecule has 0 N–H and O–H groups in total. The smallest absolute Gasteiger partial charge is 0.162 e. The van der Waals surface area contributed by atoms with Crippen LogP contribution in [0.15, 0.2) is 30.4 Å². The standard InChI is InChI=1S/C12H15ClO2/c1-4-9(2)8-15-11-6-5-10(13)7-12(11)14-3/h5-7H,2,4,8H2,1,3H3. The van der Waals surface area contributed by atoms with Crippen molar-refractivity contribution in [2.75, 3.05) is 13.7 Å². The van der Waals surface area contributed by atoms with Gasteiger partial charge in [-0.15, -0.1) is 0 Å². The molecule has 2 nitrogen and oxygen atoms in total. The van der Waals surface area contributed by atoms with Crippen LogP contribution in [0, 0.1) is 0 Å². The maximum atomic E-state index is 5.83. The van der Waals surface area contributed by atoms with Gasteiger partial charge in [-0.1, -0.05) is 25.1 Å². The van der Waals surface area contributed by atoms with Crippen molar-refractivity contribution in [1.29, 1.82) is 0 Å². The molecule has 0 heterocycles. The Balaban J connectivity index is 2.72. The van der Waals surface area contributed by atoms with E-state index in [0.717, 1.165) is 12.0 Å². The maximum absolute atomic E-state index is 5.83. The Morgan fingerprint density at radius 3 is 2.73 bits per heavy atom. The van der Waals surface area contributed by atoms with Crippen LogP contribution in [-0.2, 0) is 0 Å². The van der Waals surface area contributed by atoms with Crippen LogP contribution in [0.3, 0.4) is 0 Å². The van der Waals surface area contributed by atoms with Crippen molar-refractivity contribution < 1.29 is 9.47 Å². The average Bonchev–Trinajstić information content (AvgIpc) is 2.26. The van der Waals surface area contributed by atoms with Crippen molar-refractivity contribution >= 4 is 11.6 Å². The number of hydrogen-bond donors (Lipinski definition) is 0. The highest BCUT2D eigenvalue weighted by molar-refractivity contribution is 6.30. The summed E-state index contributed by atoms with van der Waals surface area (Å²) >= 11 is 5.83. The van der Waals surface area contributed by atoms with Crippen LogP contribution in [0.1, 0.15) is 13.3 Å². The van der Waals surface area contributed by atoms with Gasteiger partial charge >= 0.3 is 0 Å². The summed E-state index contributed by atoms with van der Waals surface area (Å²) < 4.78 is 10.7. The molecule has 3 heteroatoms. The first-order valence-corrected chi connectivity index (χ1v) is 5.18. The zero-order chi connectivity index (χ0) is 11.3. The van der Waals surface area contributed by atoms with Gasteiger partial charge in [-0.05, 0) is 24.1 Å². The third-order valence-electron chi connectivity index (χ3n) is 2.06. The Morgan fingerprint density at radius 1 is 1.40 bits per heavy atom. The van der Waals surface area contributed by atoms with Gasteiger partial charge in [0.15, 0.2) is 11.5 Å². The van der Waals surface area contributed by atoms with E-state index in [1.165, 1.54) is 0 Å². The number of rotatable bonds is 5. The Kier molecular flexibility index (Phi) is 4.50. The molecule has 1 rings (SSSR count). The lowest BCUT2D eigenvalue weighted by Gasteiger charge is -2.11. The number of methoxy groups -OCH3 is 1. The van der Waals surface area contributed by atoms with Crippen LogP contribution in [0.4, 0.5) is 0 Å². The normalized spacial score (nSPS) is 9.80. The molecule has 0 radical (unpaired) electrons. The Morgan fingerprint density at radius 2 is 2.13 bits per heavy atom. The fraction of sp³-hybridized carbons (Fsp3) is 0.333. The zero-order valence-corrected chi connectivity index (χ0v) is 9.80. The second-order valence-corrected chi connectivity index (χ2v) is 3.62. The number of benzene rings is 1. The van der Waals surface area contributed by atoms with Gasteiger partial charge < -0.3 is 9.47 Å². The summed E-state index contributed by atoms with van der Waals surface area (Å²) in [6, 6.07) is 5.30. The highest BCUT2D eigenvalue weighted by Gasteiger charge is 2.04. The zero-order valence-electron chi connectivity index (χ0n) is 9.05. The SMILES string of the molecule is C=C(CC)COc1ccc(Cl)cc1OC. The van der Waals surface area contributed by atoms with Crippen LogP contribution in [0.25, 0.3) is 0 Å². The third-order valence-corrected chi connectivity index (χ3v) is 2.29. The Bertz CT molecular complexity index is 347. The number of hydrogen-bond acceptors (Lipinski definition) is 2. The van der Waals surface area contributed by atoms with Gasteiger partial charge in [0.1, 0.15) is 6.61 Å². The predicted molar refractivity (Wildman–Crippen MR) is 62.9 cm³/mol. The van der Waals surface area contributed by atoms with Crippen LogP contribution in [0.2, 0.25) is 5.02 Å². The summed E-state index contributed by atoms with van der Waals surface area (Å²) in [6.45, 7) is 6.42. The van der Waals surface area contributed by atoms with Crippen LogP contribution < -0.4 is 9.47 Å². The molecule has 1 aromatic carbocycles. The van der Waals surface area contributed by atoms with Gasteiger partial charge in [0.25, 0.3) is 0 Å². The molecular weight excluding hydrogens is 212 g/mol. The van der Waals surface area contributed by atoms with Crippen molar-refractivity contribution in [2.24, 2.45) is 0 Å². The topological polar surface area (TPSA) is 18.5 Å². The molecular formula is C12H15ClO2. The summed E-state index contributed by atoms with van der Waals surface area (Å²) in [4.78, 5) is 0. The molecule has 0 fully saturated rings. The van der Waals surface area contributed by atoms with E-state index in [9.17, 15) is 0 Å². The first-order chi connectivity index (χ1) is 7.17. The average molecular weight is 227 g/mol. The summed E-state index contributed by atoms with van der Waals surface area (Å²) in [6.07, 6.45) is 0.913. The number of halogens is 1. The quantitative estimate of drug-likeness (QED) is 0.713. The van der Waals surface area contributed by atoms with E-state index in [1.54, 1.807) is 25.3 Å².